The van der Waals surface area contributed by atoms with Crippen LogP contribution in [0.5, 0.6) is 0 Å². The Morgan fingerprint density at radius 1 is 1.13 bits per heavy atom. The summed E-state index contributed by atoms with van der Waals surface area (Å²) in [5, 5.41) is 3.10. The van der Waals surface area contributed by atoms with E-state index in [1.807, 2.05) is 6.07 Å². The predicted octanol–water partition coefficient (Wildman–Crippen LogP) is 6.81. The molecule has 5 rings (SSSR count). The second-order valence-corrected chi connectivity index (χ2v) is 11.0. The molecular weight excluding hydrogens is 406 g/mol. The minimum atomic E-state index is -0.198. The van der Waals surface area contributed by atoms with E-state index < -0.39 is 0 Å². The highest BCUT2D eigenvalue weighted by Crippen LogP contribution is 2.54. The number of thioether (sulfide) groups is 1. The minimum absolute atomic E-state index is 0.198. The molecule has 0 radical (unpaired) electrons. The molecule has 2 aliphatic carbocycles. The highest BCUT2D eigenvalue weighted by molar-refractivity contribution is 8.15. The number of aliphatic imine (C=N–C) groups is 1. The molecule has 1 aromatic carbocycles. The minimum Gasteiger partial charge on any atom is -0.297 e. The summed E-state index contributed by atoms with van der Waals surface area (Å²) >= 11 is 3.42. The quantitative estimate of drug-likeness (QED) is 0.483. The molecule has 2 heterocycles. The fourth-order valence-corrected chi connectivity index (χ4v) is 7.56. The molecule has 1 aliphatic heterocycles. The van der Waals surface area contributed by atoms with Crippen LogP contribution in [0, 0.1) is 5.41 Å². The van der Waals surface area contributed by atoms with Crippen molar-refractivity contribution < 1.29 is 4.79 Å². The molecule has 1 atom stereocenters. The average Bonchev–Trinajstić information content (AvgIpc) is 3.51. The fourth-order valence-electron chi connectivity index (χ4n) is 5.64. The second-order valence-electron chi connectivity index (χ2n) is 9.09. The summed E-state index contributed by atoms with van der Waals surface area (Å²) in [6.07, 6.45) is 9.39. The van der Waals surface area contributed by atoms with Gasteiger partial charge >= 0.3 is 0 Å². The number of carbonyl (C=O) groups is 1. The van der Waals surface area contributed by atoms with Gasteiger partial charge in [-0.15, -0.1) is 23.1 Å². The summed E-state index contributed by atoms with van der Waals surface area (Å²) in [6.45, 7) is 4.40. The van der Waals surface area contributed by atoms with Crippen LogP contribution in [0.3, 0.4) is 0 Å². The molecule has 1 unspecified atom stereocenters. The first-order valence-corrected chi connectivity index (χ1v) is 13.0. The van der Waals surface area contributed by atoms with Crippen LogP contribution >= 0.6 is 23.1 Å². The fraction of sp³-hybridized carbons (Fsp3) is 0.462. The van der Waals surface area contributed by atoms with Gasteiger partial charge in [-0.1, -0.05) is 42.5 Å². The molecule has 1 spiro atoms. The van der Waals surface area contributed by atoms with E-state index in [4.69, 9.17) is 4.99 Å². The SMILES string of the molecule is C=C1CCCC12CCC(c1ccccc1CC(=O)C1CSC(c3cccs3)=N1)CC2. The number of rotatable bonds is 5. The Kier molecular flexibility index (Phi) is 5.72. The highest BCUT2D eigenvalue weighted by atomic mass is 32.2. The number of benzene rings is 1. The number of Topliss-reactive ketones (excluding diaryl/α,β-unsaturated/α-hetero) is 1. The normalized spacial score (nSPS) is 28.8. The third kappa shape index (κ3) is 3.85. The van der Waals surface area contributed by atoms with Crippen molar-refractivity contribution in [1.29, 1.82) is 0 Å². The largest absolute Gasteiger partial charge is 0.297 e. The maximum Gasteiger partial charge on any atom is 0.162 e. The molecule has 0 N–H and O–H groups in total. The van der Waals surface area contributed by atoms with E-state index in [9.17, 15) is 4.79 Å². The van der Waals surface area contributed by atoms with E-state index >= 15 is 0 Å². The Balaban J connectivity index is 1.28. The Labute approximate surface area is 187 Å². The Hall–Kier alpha value is -1.65. The lowest BCUT2D eigenvalue weighted by atomic mass is 9.66. The van der Waals surface area contributed by atoms with Gasteiger partial charge in [0.15, 0.2) is 5.78 Å². The van der Waals surface area contributed by atoms with Crippen LogP contribution in [0.4, 0.5) is 0 Å². The molecule has 4 heteroatoms. The van der Waals surface area contributed by atoms with Gasteiger partial charge in [-0.25, -0.2) is 0 Å². The summed E-state index contributed by atoms with van der Waals surface area (Å²) < 4.78 is 0. The summed E-state index contributed by atoms with van der Waals surface area (Å²) in [5.74, 6) is 1.62. The third-order valence-electron chi connectivity index (χ3n) is 7.44. The number of allylic oxidation sites excluding steroid dienone is 1. The van der Waals surface area contributed by atoms with Gasteiger partial charge in [-0.3, -0.25) is 9.79 Å². The zero-order chi connectivity index (χ0) is 20.6. The van der Waals surface area contributed by atoms with Gasteiger partial charge in [0.25, 0.3) is 0 Å². The van der Waals surface area contributed by atoms with Crippen molar-refractivity contribution in [1.82, 2.24) is 0 Å². The van der Waals surface area contributed by atoms with Crippen molar-refractivity contribution in [2.24, 2.45) is 10.4 Å². The molecule has 3 aliphatic rings. The van der Waals surface area contributed by atoms with Crippen LogP contribution < -0.4 is 0 Å². The second kappa shape index (κ2) is 8.47. The predicted molar refractivity (Wildman–Crippen MR) is 129 cm³/mol. The van der Waals surface area contributed by atoms with Crippen molar-refractivity contribution in [3.05, 3.63) is 69.9 Å². The maximum absolute atomic E-state index is 13.1. The first-order valence-electron chi connectivity index (χ1n) is 11.2. The lowest BCUT2D eigenvalue weighted by Gasteiger charge is -2.39. The molecule has 0 saturated heterocycles. The standard InChI is InChI=1S/C26H29NOS2/c1-18-6-4-12-26(18)13-10-19(11-14-26)21-8-3-2-7-20(21)16-23(28)22-17-30-25(27-22)24-9-5-15-29-24/h2-3,5,7-9,15,19,22H,1,4,6,10-14,16-17H2. The van der Waals surface area contributed by atoms with Gasteiger partial charge in [0.1, 0.15) is 11.1 Å². The summed E-state index contributed by atoms with van der Waals surface area (Å²) in [4.78, 5) is 19.0. The van der Waals surface area contributed by atoms with Crippen LogP contribution in [0.1, 0.15) is 66.9 Å². The smallest absolute Gasteiger partial charge is 0.162 e. The van der Waals surface area contributed by atoms with Gasteiger partial charge in [0.05, 0.1) is 4.88 Å². The highest BCUT2D eigenvalue weighted by Gasteiger charge is 2.40. The molecule has 2 aromatic rings. The topological polar surface area (TPSA) is 29.4 Å². The monoisotopic (exact) mass is 435 g/mol. The summed E-state index contributed by atoms with van der Waals surface area (Å²) in [6, 6.07) is 12.6. The van der Waals surface area contributed by atoms with Crippen LogP contribution in [0.25, 0.3) is 0 Å². The van der Waals surface area contributed by atoms with Crippen molar-refractivity contribution >= 4 is 33.9 Å². The summed E-state index contributed by atoms with van der Waals surface area (Å²) in [7, 11) is 0. The van der Waals surface area contributed by atoms with E-state index in [1.54, 1.807) is 23.1 Å². The third-order valence-corrected chi connectivity index (χ3v) is 9.53. The molecule has 1 aromatic heterocycles. The molecule has 0 bridgehead atoms. The van der Waals surface area contributed by atoms with Crippen LogP contribution in [0.2, 0.25) is 0 Å². The molecule has 156 valence electrons. The number of ketones is 1. The van der Waals surface area contributed by atoms with Crippen molar-refractivity contribution in [3.63, 3.8) is 0 Å². The van der Waals surface area contributed by atoms with E-state index in [0.717, 1.165) is 10.8 Å². The van der Waals surface area contributed by atoms with Crippen LogP contribution in [-0.4, -0.2) is 22.6 Å². The first-order chi connectivity index (χ1) is 14.6. The van der Waals surface area contributed by atoms with Gasteiger partial charge in [0.2, 0.25) is 0 Å². The number of hydrogen-bond donors (Lipinski definition) is 0. The Morgan fingerprint density at radius 3 is 2.70 bits per heavy atom. The molecule has 0 amide bonds. The lowest BCUT2D eigenvalue weighted by Crippen LogP contribution is -2.26. The van der Waals surface area contributed by atoms with E-state index in [1.165, 1.54) is 66.5 Å². The average molecular weight is 436 g/mol. The van der Waals surface area contributed by atoms with Gasteiger partial charge < -0.3 is 0 Å². The molecule has 2 saturated carbocycles. The zero-order valence-corrected chi connectivity index (χ0v) is 19.1. The van der Waals surface area contributed by atoms with E-state index in [-0.39, 0.29) is 11.8 Å². The van der Waals surface area contributed by atoms with Gasteiger partial charge in [-0.2, -0.15) is 0 Å². The van der Waals surface area contributed by atoms with Gasteiger partial charge in [-0.05, 0) is 78.9 Å². The number of hydrogen-bond acceptors (Lipinski definition) is 4. The lowest BCUT2D eigenvalue weighted by molar-refractivity contribution is -0.119. The van der Waals surface area contributed by atoms with Crippen LogP contribution in [-0.2, 0) is 11.2 Å². The molecule has 30 heavy (non-hydrogen) atoms. The van der Waals surface area contributed by atoms with Crippen molar-refractivity contribution in [2.45, 2.75) is 63.3 Å². The van der Waals surface area contributed by atoms with E-state index in [0.29, 0.717) is 17.8 Å². The molecule has 2 fully saturated rings. The number of nitrogens with zero attached hydrogens (tertiary/aromatic N) is 1. The Morgan fingerprint density at radius 2 is 1.97 bits per heavy atom. The van der Waals surface area contributed by atoms with Crippen molar-refractivity contribution in [2.75, 3.05) is 5.75 Å². The zero-order valence-electron chi connectivity index (χ0n) is 17.4. The summed E-state index contributed by atoms with van der Waals surface area (Å²) in [5.41, 5.74) is 4.55. The van der Waals surface area contributed by atoms with Crippen molar-refractivity contribution in [3.8, 4) is 0 Å². The molecule has 2 nitrogen and oxygen atoms in total. The maximum atomic E-state index is 13.1. The Bertz CT molecular complexity index is 967. The molecular formula is C26H29NOS2. The first kappa shape index (κ1) is 20.3. The van der Waals surface area contributed by atoms with E-state index in [2.05, 4.69) is 42.3 Å². The van der Waals surface area contributed by atoms with Crippen LogP contribution in [0.15, 0.2) is 58.9 Å². The number of carbonyl (C=O) groups excluding carboxylic acids is 1. The van der Waals surface area contributed by atoms with Gasteiger partial charge in [0, 0.05) is 12.2 Å². The number of thiophene rings is 1.